The number of hydrogen-bond donors (Lipinski definition) is 0. The molecule has 0 spiro atoms. The summed E-state index contributed by atoms with van der Waals surface area (Å²) >= 11 is 3.40. The number of imidazole rings is 1. The minimum atomic E-state index is -0.266. The van der Waals surface area contributed by atoms with Gasteiger partial charge in [0.1, 0.15) is 18.2 Å². The smallest absolute Gasteiger partial charge is 0.177 e. The van der Waals surface area contributed by atoms with E-state index in [0.717, 1.165) is 10.4 Å². The van der Waals surface area contributed by atoms with Crippen LogP contribution in [0.25, 0.3) is 0 Å². The van der Waals surface area contributed by atoms with Crippen LogP contribution >= 0.6 is 15.9 Å². The molecule has 0 aliphatic heterocycles. The summed E-state index contributed by atoms with van der Waals surface area (Å²) < 4.78 is 21.2. The Hall–Kier alpha value is -1.36. The van der Waals surface area contributed by atoms with Gasteiger partial charge in [-0.15, -0.1) is 0 Å². The number of hydrogen-bond acceptors (Lipinski definition) is 2. The molecule has 0 amide bonds. The third-order valence-electron chi connectivity index (χ3n) is 2.55. The van der Waals surface area contributed by atoms with Crippen molar-refractivity contribution in [2.75, 3.05) is 0 Å². The predicted octanol–water partition coefficient (Wildman–Crippen LogP) is 3.94. The Balaban J connectivity index is 2.08. The number of nitrogens with zero attached hydrogens (tertiary/aromatic N) is 2. The Kier molecular flexibility index (Phi) is 4.01. The molecule has 0 fully saturated rings. The lowest BCUT2D eigenvalue weighted by Crippen LogP contribution is -2.08. The van der Waals surface area contributed by atoms with Crippen LogP contribution in [0.4, 0.5) is 4.39 Å². The normalized spacial score (nSPS) is 10.9. The minimum Gasteiger partial charge on any atom is -0.487 e. The van der Waals surface area contributed by atoms with Crippen molar-refractivity contribution in [1.82, 2.24) is 9.55 Å². The van der Waals surface area contributed by atoms with Crippen molar-refractivity contribution in [3.05, 3.63) is 46.7 Å². The molecule has 0 atom stereocenters. The largest absolute Gasteiger partial charge is 0.487 e. The van der Waals surface area contributed by atoms with E-state index in [9.17, 15) is 4.39 Å². The molecule has 2 aromatic rings. The molecule has 0 aliphatic rings. The van der Waals surface area contributed by atoms with Crippen LogP contribution in [0.5, 0.6) is 5.75 Å². The second-order valence-electron chi connectivity index (χ2n) is 4.22. The minimum absolute atomic E-state index is 0.266. The molecule has 18 heavy (non-hydrogen) atoms. The fourth-order valence-electron chi connectivity index (χ4n) is 1.71. The summed E-state index contributed by atoms with van der Waals surface area (Å²) in [5, 5.41) is 0. The average molecular weight is 313 g/mol. The highest BCUT2D eigenvalue weighted by Gasteiger charge is 2.11. The van der Waals surface area contributed by atoms with Gasteiger partial charge in [0.2, 0.25) is 0 Å². The van der Waals surface area contributed by atoms with Gasteiger partial charge in [-0.2, -0.15) is 0 Å². The van der Waals surface area contributed by atoms with Crippen molar-refractivity contribution < 1.29 is 9.13 Å². The maximum Gasteiger partial charge on any atom is 0.177 e. The van der Waals surface area contributed by atoms with E-state index in [4.69, 9.17) is 4.74 Å². The first-order chi connectivity index (χ1) is 8.58. The first-order valence-corrected chi connectivity index (χ1v) is 6.47. The number of aromatic nitrogens is 2. The van der Waals surface area contributed by atoms with Gasteiger partial charge in [-0.05, 0) is 54.0 Å². The predicted molar refractivity (Wildman–Crippen MR) is 71.0 cm³/mol. The lowest BCUT2D eigenvalue weighted by Gasteiger charge is -2.13. The summed E-state index contributed by atoms with van der Waals surface area (Å²) in [4.78, 5) is 4.20. The van der Waals surface area contributed by atoms with Crippen LogP contribution in [-0.4, -0.2) is 9.55 Å². The van der Waals surface area contributed by atoms with Gasteiger partial charge in [0.15, 0.2) is 4.73 Å². The van der Waals surface area contributed by atoms with E-state index in [0.29, 0.717) is 18.4 Å². The summed E-state index contributed by atoms with van der Waals surface area (Å²) in [6, 6.07) is 6.28. The maximum absolute atomic E-state index is 12.7. The molecule has 0 saturated carbocycles. The molecule has 1 aromatic carbocycles. The zero-order valence-electron chi connectivity index (χ0n) is 10.2. The van der Waals surface area contributed by atoms with Crippen molar-refractivity contribution in [2.24, 2.45) is 0 Å². The molecule has 1 heterocycles. The second-order valence-corrected chi connectivity index (χ2v) is 4.93. The fraction of sp³-hybridized carbons (Fsp3) is 0.308. The van der Waals surface area contributed by atoms with E-state index in [2.05, 4.69) is 34.8 Å². The molecule has 0 unspecified atom stereocenters. The third-order valence-corrected chi connectivity index (χ3v) is 3.13. The number of benzene rings is 1. The summed E-state index contributed by atoms with van der Waals surface area (Å²) in [7, 11) is 0. The van der Waals surface area contributed by atoms with Gasteiger partial charge in [-0.1, -0.05) is 0 Å². The third kappa shape index (κ3) is 2.90. The number of rotatable bonds is 4. The number of ether oxygens (including phenoxy) is 1. The van der Waals surface area contributed by atoms with Gasteiger partial charge in [0.05, 0.1) is 11.9 Å². The van der Waals surface area contributed by atoms with E-state index in [1.54, 1.807) is 18.3 Å². The highest BCUT2D eigenvalue weighted by atomic mass is 79.9. The molecule has 0 aliphatic carbocycles. The Morgan fingerprint density at radius 1 is 1.33 bits per heavy atom. The standard InChI is InChI=1S/C13H14BrFN2O/c1-9(2)17-11(7-16-13(17)14)8-18-12-5-3-10(15)4-6-12/h3-7,9H,8H2,1-2H3. The van der Waals surface area contributed by atoms with Gasteiger partial charge in [0.25, 0.3) is 0 Å². The Morgan fingerprint density at radius 3 is 2.61 bits per heavy atom. The first kappa shape index (κ1) is 13.1. The van der Waals surface area contributed by atoms with E-state index >= 15 is 0 Å². The summed E-state index contributed by atoms with van der Waals surface area (Å²) in [5.41, 5.74) is 0.973. The van der Waals surface area contributed by atoms with Crippen LogP contribution < -0.4 is 4.74 Å². The molecule has 2 rings (SSSR count). The molecule has 96 valence electrons. The van der Waals surface area contributed by atoms with Crippen LogP contribution in [0.1, 0.15) is 25.6 Å². The average Bonchev–Trinajstić information content (AvgIpc) is 2.70. The quantitative estimate of drug-likeness (QED) is 0.855. The Labute approximate surface area is 114 Å². The maximum atomic E-state index is 12.7. The van der Waals surface area contributed by atoms with Gasteiger partial charge in [-0.3, -0.25) is 0 Å². The zero-order valence-corrected chi connectivity index (χ0v) is 11.8. The van der Waals surface area contributed by atoms with E-state index < -0.39 is 0 Å². The zero-order chi connectivity index (χ0) is 13.1. The molecule has 0 radical (unpaired) electrons. The molecular weight excluding hydrogens is 299 g/mol. The van der Waals surface area contributed by atoms with E-state index in [1.807, 2.05) is 4.57 Å². The highest BCUT2D eigenvalue weighted by molar-refractivity contribution is 9.10. The molecule has 1 aromatic heterocycles. The topological polar surface area (TPSA) is 27.1 Å². The molecule has 3 nitrogen and oxygen atoms in total. The molecule has 0 N–H and O–H groups in total. The van der Waals surface area contributed by atoms with Gasteiger partial charge < -0.3 is 9.30 Å². The summed E-state index contributed by atoms with van der Waals surface area (Å²) in [5.74, 6) is 0.376. The molecule has 0 saturated heterocycles. The van der Waals surface area contributed by atoms with Gasteiger partial charge in [-0.25, -0.2) is 9.37 Å². The van der Waals surface area contributed by atoms with Gasteiger partial charge >= 0.3 is 0 Å². The lowest BCUT2D eigenvalue weighted by molar-refractivity contribution is 0.291. The van der Waals surface area contributed by atoms with E-state index in [1.165, 1.54) is 12.1 Å². The second kappa shape index (κ2) is 5.52. The molecular formula is C13H14BrFN2O. The summed E-state index contributed by atoms with van der Waals surface area (Å²) in [6.45, 7) is 4.56. The fourth-order valence-corrected chi connectivity index (χ4v) is 2.45. The van der Waals surface area contributed by atoms with Crippen molar-refractivity contribution >= 4 is 15.9 Å². The van der Waals surface area contributed by atoms with Crippen LogP contribution in [0.3, 0.4) is 0 Å². The lowest BCUT2D eigenvalue weighted by atomic mass is 10.3. The van der Waals surface area contributed by atoms with E-state index in [-0.39, 0.29) is 5.82 Å². The van der Waals surface area contributed by atoms with Crippen LogP contribution in [-0.2, 0) is 6.61 Å². The first-order valence-electron chi connectivity index (χ1n) is 5.68. The van der Waals surface area contributed by atoms with Crippen LogP contribution in [0.15, 0.2) is 35.2 Å². The molecule has 0 bridgehead atoms. The Morgan fingerprint density at radius 2 is 2.00 bits per heavy atom. The molecule has 5 heteroatoms. The van der Waals surface area contributed by atoms with Gasteiger partial charge in [0, 0.05) is 6.04 Å². The van der Waals surface area contributed by atoms with Crippen molar-refractivity contribution in [3.8, 4) is 5.75 Å². The number of halogens is 2. The Bertz CT molecular complexity index is 522. The summed E-state index contributed by atoms with van der Waals surface area (Å²) in [6.07, 6.45) is 1.77. The van der Waals surface area contributed by atoms with Crippen molar-refractivity contribution in [1.29, 1.82) is 0 Å². The monoisotopic (exact) mass is 312 g/mol. The van der Waals surface area contributed by atoms with Crippen LogP contribution in [0, 0.1) is 5.82 Å². The SMILES string of the molecule is CC(C)n1c(COc2ccc(F)cc2)cnc1Br. The highest BCUT2D eigenvalue weighted by Crippen LogP contribution is 2.20. The van der Waals surface area contributed by atoms with Crippen molar-refractivity contribution in [3.63, 3.8) is 0 Å². The van der Waals surface area contributed by atoms with Crippen LogP contribution in [0.2, 0.25) is 0 Å². The van der Waals surface area contributed by atoms with Crippen molar-refractivity contribution in [2.45, 2.75) is 26.5 Å².